The summed E-state index contributed by atoms with van der Waals surface area (Å²) in [5.74, 6) is 0.449. The first kappa shape index (κ1) is 22.0. The average molecular weight is 365 g/mol. The number of aliphatic hydroxyl groups is 1. The van der Waals surface area contributed by atoms with Crippen LogP contribution in [0.2, 0.25) is 0 Å². The minimum atomic E-state index is -0.841. The molecule has 1 amide bonds. The number of carbonyl (C=O) groups is 2. The highest BCUT2D eigenvalue weighted by atomic mass is 16.6. The fourth-order valence-corrected chi connectivity index (χ4v) is 2.57. The maximum absolute atomic E-state index is 12.1. The van der Waals surface area contributed by atoms with Crippen LogP contribution < -0.4 is 4.74 Å². The Bertz CT molecular complexity index is 609. The number of ether oxygens (including phenoxy) is 2. The number of amides is 1. The highest BCUT2D eigenvalue weighted by Gasteiger charge is 2.34. The van der Waals surface area contributed by atoms with Crippen LogP contribution in [0, 0.1) is 6.92 Å². The first-order valence-electron chi connectivity index (χ1n) is 9.08. The molecule has 2 atom stereocenters. The average Bonchev–Trinajstić information content (AvgIpc) is 2.58. The Labute approximate surface area is 156 Å². The van der Waals surface area contributed by atoms with E-state index in [-0.39, 0.29) is 6.54 Å². The molecule has 1 aliphatic heterocycles. The lowest BCUT2D eigenvalue weighted by Crippen LogP contribution is -2.52. The molecule has 2 rings (SSSR count). The van der Waals surface area contributed by atoms with Crippen molar-refractivity contribution < 1.29 is 24.2 Å². The lowest BCUT2D eigenvalue weighted by molar-refractivity contribution is -0.0375. The monoisotopic (exact) mass is 365 g/mol. The molecule has 1 heterocycles. The molecular weight excluding hydrogens is 334 g/mol. The molecule has 1 aliphatic rings. The van der Waals surface area contributed by atoms with Crippen LogP contribution in [0.3, 0.4) is 0 Å². The van der Waals surface area contributed by atoms with Crippen LogP contribution in [0.1, 0.15) is 57.0 Å². The van der Waals surface area contributed by atoms with E-state index in [0.29, 0.717) is 24.3 Å². The summed E-state index contributed by atoms with van der Waals surface area (Å²) >= 11 is 0. The number of aldehydes is 1. The van der Waals surface area contributed by atoms with Crippen molar-refractivity contribution in [3.05, 3.63) is 29.3 Å². The predicted octanol–water partition coefficient (Wildman–Crippen LogP) is 3.58. The Balaban J connectivity index is 0.00000163. The summed E-state index contributed by atoms with van der Waals surface area (Å²) in [4.78, 5) is 24.7. The van der Waals surface area contributed by atoms with E-state index in [1.165, 1.54) is 4.90 Å². The van der Waals surface area contributed by atoms with Crippen molar-refractivity contribution in [2.24, 2.45) is 0 Å². The van der Waals surface area contributed by atoms with Gasteiger partial charge in [0, 0.05) is 13.0 Å². The molecule has 0 aromatic heterocycles. The smallest absolute Gasteiger partial charge is 0.410 e. The van der Waals surface area contributed by atoms with Gasteiger partial charge in [-0.15, -0.1) is 0 Å². The van der Waals surface area contributed by atoms with Gasteiger partial charge in [-0.1, -0.05) is 25.5 Å². The Hall–Kier alpha value is -2.08. The van der Waals surface area contributed by atoms with Crippen LogP contribution in [0.15, 0.2) is 18.2 Å². The first-order chi connectivity index (χ1) is 12.2. The predicted molar refractivity (Wildman–Crippen MR) is 101 cm³/mol. The van der Waals surface area contributed by atoms with Gasteiger partial charge in [-0.2, -0.15) is 0 Å². The van der Waals surface area contributed by atoms with Crippen molar-refractivity contribution in [2.45, 2.75) is 65.8 Å². The van der Waals surface area contributed by atoms with E-state index in [1.807, 2.05) is 26.8 Å². The number of rotatable bonds is 3. The summed E-state index contributed by atoms with van der Waals surface area (Å²) < 4.78 is 11.1. The van der Waals surface area contributed by atoms with Gasteiger partial charge in [-0.3, -0.25) is 4.79 Å². The van der Waals surface area contributed by atoms with Crippen LogP contribution in [-0.4, -0.2) is 53.3 Å². The van der Waals surface area contributed by atoms with Gasteiger partial charge in [0.25, 0.3) is 0 Å². The number of β-amino-alcohol motifs (C(OH)–C–C–N with tert-alkyl or cyclic N) is 1. The van der Waals surface area contributed by atoms with E-state index in [9.17, 15) is 14.7 Å². The molecule has 0 spiro atoms. The third kappa shape index (κ3) is 6.33. The first-order valence-corrected chi connectivity index (χ1v) is 9.08. The summed E-state index contributed by atoms with van der Waals surface area (Å²) in [6, 6.07) is 5.32. The SMILES string of the molecule is CC.Cc1ccc(O[C@@H]2CCN(C(=O)OC(C)(C)C)C[C@H]2O)c(C=O)c1. The number of piperidine rings is 1. The van der Waals surface area contributed by atoms with Crippen LogP contribution in [-0.2, 0) is 4.74 Å². The van der Waals surface area contributed by atoms with Crippen molar-refractivity contribution in [3.8, 4) is 5.75 Å². The number of hydrogen-bond donors (Lipinski definition) is 1. The number of aliphatic hydroxyl groups excluding tert-OH is 1. The summed E-state index contributed by atoms with van der Waals surface area (Å²) in [6.45, 7) is 11.9. The fourth-order valence-electron chi connectivity index (χ4n) is 2.57. The second kappa shape index (κ2) is 9.57. The molecule has 1 saturated heterocycles. The molecule has 26 heavy (non-hydrogen) atoms. The third-order valence-electron chi connectivity index (χ3n) is 3.74. The molecule has 0 bridgehead atoms. The molecule has 0 radical (unpaired) electrons. The van der Waals surface area contributed by atoms with Gasteiger partial charge in [0.05, 0.1) is 12.1 Å². The van der Waals surface area contributed by atoms with Crippen molar-refractivity contribution in [2.75, 3.05) is 13.1 Å². The van der Waals surface area contributed by atoms with Gasteiger partial charge >= 0.3 is 6.09 Å². The van der Waals surface area contributed by atoms with Gasteiger partial charge in [-0.25, -0.2) is 4.79 Å². The highest BCUT2D eigenvalue weighted by Crippen LogP contribution is 2.24. The van der Waals surface area contributed by atoms with Gasteiger partial charge < -0.3 is 19.5 Å². The van der Waals surface area contributed by atoms with E-state index in [4.69, 9.17) is 9.47 Å². The van der Waals surface area contributed by atoms with Crippen molar-refractivity contribution in [1.82, 2.24) is 4.90 Å². The molecule has 6 heteroatoms. The molecule has 6 nitrogen and oxygen atoms in total. The Morgan fingerprint density at radius 3 is 2.50 bits per heavy atom. The minimum Gasteiger partial charge on any atom is -0.487 e. The zero-order valence-corrected chi connectivity index (χ0v) is 16.6. The zero-order valence-electron chi connectivity index (χ0n) is 16.6. The maximum atomic E-state index is 12.1. The molecule has 1 aromatic carbocycles. The summed E-state index contributed by atoms with van der Waals surface area (Å²) in [6.07, 6.45) is -0.544. The second-order valence-electron chi connectivity index (χ2n) is 7.10. The van der Waals surface area contributed by atoms with E-state index in [1.54, 1.807) is 32.9 Å². The standard InChI is InChI=1S/C18H25NO5.C2H6/c1-12-5-6-15(13(9-12)11-20)23-16-7-8-19(10-14(16)21)17(22)24-18(2,3)4;1-2/h5-6,9,11,14,16,21H,7-8,10H2,1-4H3;1-2H3/t14-,16-;/m1./s1. The number of benzene rings is 1. The van der Waals surface area contributed by atoms with Gasteiger partial charge in [0.2, 0.25) is 0 Å². The van der Waals surface area contributed by atoms with E-state index in [2.05, 4.69) is 0 Å². The molecular formula is C20H31NO5. The number of likely N-dealkylation sites (tertiary alicyclic amines) is 1. The second-order valence-corrected chi connectivity index (χ2v) is 7.10. The molecule has 1 aromatic rings. The van der Waals surface area contributed by atoms with E-state index >= 15 is 0 Å². The number of carbonyl (C=O) groups excluding carboxylic acids is 2. The van der Waals surface area contributed by atoms with E-state index < -0.39 is 23.9 Å². The molecule has 0 unspecified atom stereocenters. The molecule has 1 fully saturated rings. The largest absolute Gasteiger partial charge is 0.487 e. The normalized spacial score (nSPS) is 19.9. The molecule has 0 saturated carbocycles. The van der Waals surface area contributed by atoms with Gasteiger partial charge in [0.1, 0.15) is 23.6 Å². The summed E-state index contributed by atoms with van der Waals surface area (Å²) in [7, 11) is 0. The van der Waals surface area contributed by atoms with Crippen LogP contribution >= 0.6 is 0 Å². The third-order valence-corrected chi connectivity index (χ3v) is 3.74. The van der Waals surface area contributed by atoms with Gasteiger partial charge in [-0.05, 0) is 39.8 Å². The Morgan fingerprint density at radius 1 is 1.31 bits per heavy atom. The molecule has 146 valence electrons. The number of aryl methyl sites for hydroxylation is 1. The topological polar surface area (TPSA) is 76.1 Å². The number of hydrogen-bond acceptors (Lipinski definition) is 5. The van der Waals surface area contributed by atoms with Crippen molar-refractivity contribution in [1.29, 1.82) is 0 Å². The number of nitrogens with zero attached hydrogens (tertiary/aromatic N) is 1. The van der Waals surface area contributed by atoms with Crippen LogP contribution in [0.25, 0.3) is 0 Å². The van der Waals surface area contributed by atoms with Crippen molar-refractivity contribution >= 4 is 12.4 Å². The highest BCUT2D eigenvalue weighted by molar-refractivity contribution is 5.79. The quantitative estimate of drug-likeness (QED) is 0.829. The van der Waals surface area contributed by atoms with E-state index in [0.717, 1.165) is 11.8 Å². The minimum absolute atomic E-state index is 0.141. The Kier molecular flexibility index (Phi) is 8.08. The summed E-state index contributed by atoms with van der Waals surface area (Å²) in [5, 5.41) is 10.3. The maximum Gasteiger partial charge on any atom is 0.410 e. The lowest BCUT2D eigenvalue weighted by Gasteiger charge is -2.36. The molecule has 0 aliphatic carbocycles. The van der Waals surface area contributed by atoms with Gasteiger partial charge in [0.15, 0.2) is 6.29 Å². The van der Waals surface area contributed by atoms with Crippen molar-refractivity contribution in [3.63, 3.8) is 0 Å². The zero-order chi connectivity index (χ0) is 19.9. The lowest BCUT2D eigenvalue weighted by atomic mass is 10.0. The molecule has 1 N–H and O–H groups in total. The fraction of sp³-hybridized carbons (Fsp3) is 0.600. The Morgan fingerprint density at radius 2 is 1.96 bits per heavy atom. The van der Waals surface area contributed by atoms with Crippen LogP contribution in [0.4, 0.5) is 4.79 Å². The van der Waals surface area contributed by atoms with Crippen LogP contribution in [0.5, 0.6) is 5.75 Å². The summed E-state index contributed by atoms with van der Waals surface area (Å²) in [5.41, 5.74) is 0.845.